The number of rotatable bonds is 19. The van der Waals surface area contributed by atoms with Crippen LogP contribution < -0.4 is 20.2 Å². The third kappa shape index (κ3) is 13.9. The molecule has 0 atom stereocenters. The van der Waals surface area contributed by atoms with Gasteiger partial charge in [0.05, 0.1) is 35.5 Å². The number of unbranched alkanes of at least 4 members (excludes halogenated alkanes) is 10. The van der Waals surface area contributed by atoms with E-state index in [2.05, 4.69) is 22.8 Å². The summed E-state index contributed by atoms with van der Waals surface area (Å²) < 4.78 is 10.7. The molecule has 10 heteroatoms. The van der Waals surface area contributed by atoms with Gasteiger partial charge in [-0.15, -0.1) is 0 Å². The van der Waals surface area contributed by atoms with E-state index < -0.39 is 11.9 Å². The van der Waals surface area contributed by atoms with Gasteiger partial charge in [0.2, 0.25) is 5.91 Å². The lowest BCUT2D eigenvalue weighted by Crippen LogP contribution is -2.34. The minimum atomic E-state index is -0.624. The van der Waals surface area contributed by atoms with Gasteiger partial charge in [-0.05, 0) is 48.4 Å². The number of nitrogens with zero attached hydrogens (tertiary/aromatic N) is 1. The molecule has 0 aromatic heterocycles. The van der Waals surface area contributed by atoms with Gasteiger partial charge in [0, 0.05) is 6.42 Å². The molecule has 0 aliphatic heterocycles. The standard InChI is InChI=1S/C31H41Cl2N3O5/c1-3-4-5-6-7-8-9-10-11-12-13-14-29(37)34-22-30(38)36-35-21-23-15-18-27(28(19-23)40-2)41-31(39)24-16-17-25(32)26(33)20-24/h15-21H,3-14,22H2,1-2H3,(H,34,37)(H,36,38)/b35-21-. The smallest absolute Gasteiger partial charge is 0.343 e. The van der Waals surface area contributed by atoms with Gasteiger partial charge in [-0.1, -0.05) is 94.3 Å². The van der Waals surface area contributed by atoms with Crippen LogP contribution in [0.4, 0.5) is 0 Å². The molecule has 0 spiro atoms. The van der Waals surface area contributed by atoms with E-state index in [1.165, 1.54) is 82.9 Å². The lowest BCUT2D eigenvalue weighted by atomic mass is 10.1. The summed E-state index contributed by atoms with van der Waals surface area (Å²) in [6.45, 7) is 2.08. The number of methoxy groups -OCH3 is 1. The normalized spacial score (nSPS) is 10.9. The maximum Gasteiger partial charge on any atom is 0.343 e. The van der Waals surface area contributed by atoms with Gasteiger partial charge in [0.25, 0.3) is 5.91 Å². The second-order valence-corrected chi connectivity index (χ2v) is 10.6. The van der Waals surface area contributed by atoms with Crippen molar-refractivity contribution < 1.29 is 23.9 Å². The van der Waals surface area contributed by atoms with Gasteiger partial charge < -0.3 is 14.8 Å². The molecule has 0 saturated heterocycles. The fourth-order valence-electron chi connectivity index (χ4n) is 4.07. The van der Waals surface area contributed by atoms with E-state index in [9.17, 15) is 14.4 Å². The summed E-state index contributed by atoms with van der Waals surface area (Å²) in [7, 11) is 1.44. The molecule has 0 radical (unpaired) electrons. The van der Waals surface area contributed by atoms with E-state index >= 15 is 0 Å². The van der Waals surface area contributed by atoms with E-state index in [4.69, 9.17) is 32.7 Å². The topological polar surface area (TPSA) is 106 Å². The van der Waals surface area contributed by atoms with Crippen LogP contribution in [0.2, 0.25) is 10.0 Å². The molecule has 2 aromatic carbocycles. The molecular formula is C31H41Cl2N3O5. The van der Waals surface area contributed by atoms with Gasteiger partial charge >= 0.3 is 5.97 Å². The number of hydrogen-bond donors (Lipinski definition) is 2. The fourth-order valence-corrected chi connectivity index (χ4v) is 4.36. The first-order chi connectivity index (χ1) is 19.8. The molecule has 2 amide bonds. The Hall–Kier alpha value is -3.10. The highest BCUT2D eigenvalue weighted by molar-refractivity contribution is 6.42. The van der Waals surface area contributed by atoms with Gasteiger partial charge in [0.15, 0.2) is 11.5 Å². The number of amides is 2. The van der Waals surface area contributed by atoms with Crippen molar-refractivity contribution in [2.45, 2.75) is 84.0 Å². The Kier molecular flexibility index (Phi) is 16.5. The average molecular weight is 607 g/mol. The first kappa shape index (κ1) is 34.1. The molecular weight excluding hydrogens is 565 g/mol. The predicted octanol–water partition coefficient (Wildman–Crippen LogP) is 7.49. The molecule has 8 nitrogen and oxygen atoms in total. The first-order valence-electron chi connectivity index (χ1n) is 14.3. The maximum absolute atomic E-state index is 12.5. The largest absolute Gasteiger partial charge is 0.493 e. The van der Waals surface area contributed by atoms with Crippen molar-refractivity contribution in [3.05, 3.63) is 57.6 Å². The lowest BCUT2D eigenvalue weighted by Gasteiger charge is -2.10. The number of halogens is 2. The lowest BCUT2D eigenvalue weighted by molar-refractivity contribution is -0.126. The summed E-state index contributed by atoms with van der Waals surface area (Å²) >= 11 is 11.9. The zero-order chi connectivity index (χ0) is 29.9. The number of ether oxygens (including phenoxy) is 2. The number of carbonyl (C=O) groups is 3. The summed E-state index contributed by atoms with van der Waals surface area (Å²) in [5.41, 5.74) is 3.21. The molecule has 224 valence electrons. The summed E-state index contributed by atoms with van der Waals surface area (Å²) in [6.07, 6.45) is 15.2. The Morgan fingerprint density at radius 2 is 1.46 bits per heavy atom. The molecule has 41 heavy (non-hydrogen) atoms. The van der Waals surface area contributed by atoms with E-state index in [1.807, 2.05) is 0 Å². The summed E-state index contributed by atoms with van der Waals surface area (Å²) in [5, 5.41) is 7.11. The van der Waals surface area contributed by atoms with E-state index in [-0.39, 0.29) is 28.8 Å². The SMILES string of the molecule is CCCCCCCCCCCCCC(=O)NCC(=O)N/N=C\c1ccc(OC(=O)c2ccc(Cl)c(Cl)c2)c(OC)c1. The van der Waals surface area contributed by atoms with Crippen molar-refractivity contribution in [1.29, 1.82) is 0 Å². The molecule has 2 N–H and O–H groups in total. The molecule has 0 unspecified atom stereocenters. The highest BCUT2D eigenvalue weighted by Crippen LogP contribution is 2.29. The molecule has 0 fully saturated rings. The molecule has 0 saturated carbocycles. The zero-order valence-corrected chi connectivity index (χ0v) is 25.5. The van der Waals surface area contributed by atoms with Crippen LogP contribution in [-0.2, 0) is 9.59 Å². The predicted molar refractivity (Wildman–Crippen MR) is 164 cm³/mol. The maximum atomic E-state index is 12.5. The number of carbonyl (C=O) groups excluding carboxylic acids is 3. The van der Waals surface area contributed by atoms with Gasteiger partial charge in [-0.3, -0.25) is 9.59 Å². The van der Waals surface area contributed by atoms with Gasteiger partial charge in [0.1, 0.15) is 0 Å². The van der Waals surface area contributed by atoms with Crippen molar-refractivity contribution in [3.8, 4) is 11.5 Å². The van der Waals surface area contributed by atoms with Crippen molar-refractivity contribution in [3.63, 3.8) is 0 Å². The Balaban J connectivity index is 1.65. The molecule has 2 aromatic rings. The van der Waals surface area contributed by atoms with Gasteiger partial charge in [-0.25, -0.2) is 10.2 Å². The van der Waals surface area contributed by atoms with Gasteiger partial charge in [-0.2, -0.15) is 5.10 Å². The minimum Gasteiger partial charge on any atom is -0.493 e. The van der Waals surface area contributed by atoms with Crippen LogP contribution in [0, 0.1) is 0 Å². The second-order valence-electron chi connectivity index (χ2n) is 9.78. The van der Waals surface area contributed by atoms with Crippen LogP contribution in [0.15, 0.2) is 41.5 Å². The number of benzene rings is 2. The molecule has 0 bridgehead atoms. The van der Waals surface area contributed by atoms with Crippen LogP contribution >= 0.6 is 23.2 Å². The van der Waals surface area contributed by atoms with Crippen molar-refractivity contribution in [1.82, 2.24) is 10.7 Å². The number of nitrogens with one attached hydrogen (secondary N) is 2. The summed E-state index contributed by atoms with van der Waals surface area (Å²) in [5.74, 6) is -0.710. The highest BCUT2D eigenvalue weighted by Gasteiger charge is 2.14. The molecule has 2 rings (SSSR count). The number of hydrazone groups is 1. The van der Waals surface area contributed by atoms with Crippen LogP contribution in [0.3, 0.4) is 0 Å². The Labute approximate surface area is 253 Å². The third-order valence-corrected chi connectivity index (χ3v) is 7.14. The van der Waals surface area contributed by atoms with Crippen LogP contribution in [0.25, 0.3) is 0 Å². The van der Waals surface area contributed by atoms with Crippen molar-refractivity contribution in [2.24, 2.45) is 5.10 Å². The molecule has 0 heterocycles. The third-order valence-electron chi connectivity index (χ3n) is 6.40. The fraction of sp³-hybridized carbons (Fsp3) is 0.484. The Morgan fingerprint density at radius 3 is 2.10 bits per heavy atom. The molecule has 0 aliphatic carbocycles. The highest BCUT2D eigenvalue weighted by atomic mass is 35.5. The van der Waals surface area contributed by atoms with E-state index in [0.717, 1.165) is 19.3 Å². The summed E-state index contributed by atoms with van der Waals surface area (Å²) in [4.78, 5) is 36.5. The number of hydrogen-bond acceptors (Lipinski definition) is 6. The van der Waals surface area contributed by atoms with Crippen LogP contribution in [0.1, 0.15) is 99.9 Å². The Bertz CT molecular complexity index is 1160. The van der Waals surface area contributed by atoms with Crippen LogP contribution in [-0.4, -0.2) is 37.7 Å². The van der Waals surface area contributed by atoms with Crippen molar-refractivity contribution in [2.75, 3.05) is 13.7 Å². The Morgan fingerprint density at radius 1 is 0.805 bits per heavy atom. The second kappa shape index (κ2) is 19.9. The van der Waals surface area contributed by atoms with Crippen molar-refractivity contribution >= 4 is 47.2 Å². The monoisotopic (exact) mass is 605 g/mol. The minimum absolute atomic E-state index is 0.143. The summed E-state index contributed by atoms with van der Waals surface area (Å²) in [6, 6.07) is 9.23. The van der Waals surface area contributed by atoms with E-state index in [1.54, 1.807) is 18.2 Å². The van der Waals surface area contributed by atoms with Crippen LogP contribution in [0.5, 0.6) is 11.5 Å². The molecule has 0 aliphatic rings. The quantitative estimate of drug-likeness (QED) is 0.0567. The average Bonchev–Trinajstić information content (AvgIpc) is 2.96. The van der Waals surface area contributed by atoms with E-state index in [0.29, 0.717) is 22.8 Å². The zero-order valence-electron chi connectivity index (χ0n) is 24.0. The number of esters is 1. The first-order valence-corrected chi connectivity index (χ1v) is 15.0.